The van der Waals surface area contributed by atoms with E-state index in [9.17, 15) is 4.39 Å². The fourth-order valence-corrected chi connectivity index (χ4v) is 1.29. The molecule has 0 aliphatic rings. The lowest BCUT2D eigenvalue weighted by atomic mass is 10.1. The lowest BCUT2D eigenvalue weighted by Gasteiger charge is -2.06. The molecule has 0 atom stereocenters. The minimum Gasteiger partial charge on any atom is -0.330 e. The van der Waals surface area contributed by atoms with Crippen LogP contribution in [0.15, 0.2) is 18.2 Å². The van der Waals surface area contributed by atoms with Crippen LogP contribution < -0.4 is 11.1 Å². The Morgan fingerprint density at radius 1 is 1.43 bits per heavy atom. The highest BCUT2D eigenvalue weighted by molar-refractivity contribution is 5.24. The average molecular weight is 196 g/mol. The number of hydrogen-bond donors (Lipinski definition) is 2. The van der Waals surface area contributed by atoms with Gasteiger partial charge >= 0.3 is 0 Å². The van der Waals surface area contributed by atoms with E-state index in [4.69, 9.17) is 5.73 Å². The van der Waals surface area contributed by atoms with Crippen LogP contribution in [0.3, 0.4) is 0 Å². The van der Waals surface area contributed by atoms with Gasteiger partial charge in [-0.1, -0.05) is 18.2 Å². The Labute approximate surface area is 84.3 Å². The minimum absolute atomic E-state index is 0.104. The lowest BCUT2D eigenvalue weighted by Crippen LogP contribution is -2.18. The summed E-state index contributed by atoms with van der Waals surface area (Å²) in [5, 5.41) is 3.15. The Bertz CT molecular complexity index is 287. The molecular formula is C11H17FN2. The summed E-state index contributed by atoms with van der Waals surface area (Å²) in [6.45, 7) is 3.86. The minimum atomic E-state index is -0.104. The van der Waals surface area contributed by atoms with Crippen LogP contribution in [-0.2, 0) is 6.54 Å². The third kappa shape index (κ3) is 3.09. The highest BCUT2D eigenvalue weighted by atomic mass is 19.1. The van der Waals surface area contributed by atoms with Gasteiger partial charge in [-0.2, -0.15) is 0 Å². The Hall–Kier alpha value is -0.930. The maximum absolute atomic E-state index is 13.4. The topological polar surface area (TPSA) is 38.0 Å². The third-order valence-corrected chi connectivity index (χ3v) is 2.14. The molecule has 0 aliphatic heterocycles. The van der Waals surface area contributed by atoms with Crippen LogP contribution in [0.25, 0.3) is 0 Å². The molecule has 0 aliphatic carbocycles. The lowest BCUT2D eigenvalue weighted by molar-refractivity contribution is 0.576. The Balaban J connectivity index is 2.46. The van der Waals surface area contributed by atoms with Crippen molar-refractivity contribution in [1.82, 2.24) is 5.32 Å². The van der Waals surface area contributed by atoms with E-state index in [1.54, 1.807) is 19.1 Å². The van der Waals surface area contributed by atoms with E-state index in [2.05, 4.69) is 5.32 Å². The van der Waals surface area contributed by atoms with Crippen molar-refractivity contribution >= 4 is 0 Å². The van der Waals surface area contributed by atoms with Crippen molar-refractivity contribution in [3.05, 3.63) is 35.1 Å². The van der Waals surface area contributed by atoms with Crippen molar-refractivity contribution in [2.24, 2.45) is 5.73 Å². The van der Waals surface area contributed by atoms with Gasteiger partial charge < -0.3 is 11.1 Å². The monoisotopic (exact) mass is 196 g/mol. The van der Waals surface area contributed by atoms with Crippen LogP contribution in [0.5, 0.6) is 0 Å². The SMILES string of the molecule is Cc1cccc(CNCCCN)c1F. The van der Waals surface area contributed by atoms with Crippen molar-refractivity contribution in [1.29, 1.82) is 0 Å². The molecule has 0 unspecified atom stereocenters. The number of nitrogens with two attached hydrogens (primary N) is 1. The molecule has 0 aromatic heterocycles. The summed E-state index contributed by atoms with van der Waals surface area (Å²) in [7, 11) is 0. The second-order valence-corrected chi connectivity index (χ2v) is 3.37. The van der Waals surface area contributed by atoms with E-state index in [0.717, 1.165) is 18.5 Å². The standard InChI is InChI=1S/C11H17FN2/c1-9-4-2-5-10(11(9)12)8-14-7-3-6-13/h2,4-5,14H,3,6-8,13H2,1H3. The summed E-state index contributed by atoms with van der Waals surface area (Å²) < 4.78 is 13.4. The summed E-state index contributed by atoms with van der Waals surface area (Å²) in [5.41, 5.74) is 6.77. The molecule has 0 radical (unpaired) electrons. The Morgan fingerprint density at radius 3 is 2.93 bits per heavy atom. The summed E-state index contributed by atoms with van der Waals surface area (Å²) in [6, 6.07) is 5.45. The van der Waals surface area contributed by atoms with Crippen LogP contribution in [0, 0.1) is 12.7 Å². The Kier molecular flexibility index (Phi) is 4.56. The zero-order valence-corrected chi connectivity index (χ0v) is 8.52. The summed E-state index contributed by atoms with van der Waals surface area (Å²) in [4.78, 5) is 0. The predicted molar refractivity (Wildman–Crippen MR) is 56.5 cm³/mol. The van der Waals surface area contributed by atoms with Crippen molar-refractivity contribution in [2.75, 3.05) is 13.1 Å². The highest BCUT2D eigenvalue weighted by Gasteiger charge is 2.02. The molecule has 0 amide bonds. The van der Waals surface area contributed by atoms with E-state index in [1.165, 1.54) is 0 Å². The van der Waals surface area contributed by atoms with Crippen LogP contribution in [0.1, 0.15) is 17.5 Å². The number of nitrogens with one attached hydrogen (secondary N) is 1. The number of rotatable bonds is 5. The van der Waals surface area contributed by atoms with E-state index in [0.29, 0.717) is 18.7 Å². The van der Waals surface area contributed by atoms with Crippen LogP contribution in [-0.4, -0.2) is 13.1 Å². The van der Waals surface area contributed by atoms with Crippen molar-refractivity contribution in [2.45, 2.75) is 19.9 Å². The first-order chi connectivity index (χ1) is 6.75. The normalized spacial score (nSPS) is 10.5. The van der Waals surface area contributed by atoms with Crippen LogP contribution in [0.4, 0.5) is 4.39 Å². The van der Waals surface area contributed by atoms with E-state index in [1.807, 2.05) is 6.07 Å². The number of benzene rings is 1. The van der Waals surface area contributed by atoms with Gasteiger partial charge in [0.15, 0.2) is 0 Å². The molecule has 0 spiro atoms. The van der Waals surface area contributed by atoms with Gasteiger partial charge in [-0.3, -0.25) is 0 Å². The largest absolute Gasteiger partial charge is 0.330 e. The molecule has 3 N–H and O–H groups in total. The molecule has 14 heavy (non-hydrogen) atoms. The van der Waals surface area contributed by atoms with Gasteiger partial charge in [-0.05, 0) is 32.0 Å². The maximum Gasteiger partial charge on any atom is 0.130 e. The molecule has 78 valence electrons. The molecule has 0 heterocycles. The first-order valence-corrected chi connectivity index (χ1v) is 4.90. The van der Waals surface area contributed by atoms with Gasteiger partial charge in [0, 0.05) is 12.1 Å². The molecule has 1 aromatic carbocycles. The molecule has 0 fully saturated rings. The molecule has 0 saturated carbocycles. The first-order valence-electron chi connectivity index (χ1n) is 4.90. The second-order valence-electron chi connectivity index (χ2n) is 3.37. The molecule has 0 bridgehead atoms. The van der Waals surface area contributed by atoms with Gasteiger partial charge in [0.2, 0.25) is 0 Å². The fourth-order valence-electron chi connectivity index (χ4n) is 1.29. The number of aryl methyl sites for hydroxylation is 1. The van der Waals surface area contributed by atoms with E-state index in [-0.39, 0.29) is 5.82 Å². The number of halogens is 1. The van der Waals surface area contributed by atoms with E-state index < -0.39 is 0 Å². The summed E-state index contributed by atoms with van der Waals surface area (Å²) >= 11 is 0. The molecule has 2 nitrogen and oxygen atoms in total. The second kappa shape index (κ2) is 5.73. The van der Waals surface area contributed by atoms with Crippen LogP contribution >= 0.6 is 0 Å². The van der Waals surface area contributed by atoms with Crippen molar-refractivity contribution in [3.8, 4) is 0 Å². The zero-order chi connectivity index (χ0) is 10.4. The van der Waals surface area contributed by atoms with E-state index >= 15 is 0 Å². The zero-order valence-electron chi connectivity index (χ0n) is 8.52. The predicted octanol–water partition coefficient (Wildman–Crippen LogP) is 1.57. The van der Waals surface area contributed by atoms with Crippen LogP contribution in [0.2, 0.25) is 0 Å². The van der Waals surface area contributed by atoms with Gasteiger partial charge in [-0.15, -0.1) is 0 Å². The quantitative estimate of drug-likeness (QED) is 0.702. The third-order valence-electron chi connectivity index (χ3n) is 2.14. The Morgan fingerprint density at radius 2 is 2.21 bits per heavy atom. The average Bonchev–Trinajstić information content (AvgIpc) is 2.19. The highest BCUT2D eigenvalue weighted by Crippen LogP contribution is 2.11. The molecule has 3 heteroatoms. The smallest absolute Gasteiger partial charge is 0.130 e. The fraction of sp³-hybridized carbons (Fsp3) is 0.455. The van der Waals surface area contributed by atoms with Gasteiger partial charge in [0.1, 0.15) is 5.82 Å². The molecule has 1 rings (SSSR count). The summed E-state index contributed by atoms with van der Waals surface area (Å²) in [6.07, 6.45) is 0.924. The number of hydrogen-bond acceptors (Lipinski definition) is 2. The van der Waals surface area contributed by atoms with Crippen molar-refractivity contribution < 1.29 is 4.39 Å². The maximum atomic E-state index is 13.4. The summed E-state index contributed by atoms with van der Waals surface area (Å²) in [5.74, 6) is -0.104. The first kappa shape index (κ1) is 11.1. The molecule has 1 aromatic rings. The molecule has 0 saturated heterocycles. The van der Waals surface area contributed by atoms with Gasteiger partial charge in [-0.25, -0.2) is 4.39 Å². The molecular weight excluding hydrogens is 179 g/mol. The van der Waals surface area contributed by atoms with Gasteiger partial charge in [0.25, 0.3) is 0 Å². The van der Waals surface area contributed by atoms with Gasteiger partial charge in [0.05, 0.1) is 0 Å². The van der Waals surface area contributed by atoms with Crippen molar-refractivity contribution in [3.63, 3.8) is 0 Å².